The summed E-state index contributed by atoms with van der Waals surface area (Å²) in [6, 6.07) is 5.03. The maximum Gasteiger partial charge on any atom is 0.165 e. The highest BCUT2D eigenvalue weighted by Gasteiger charge is 2.47. The van der Waals surface area contributed by atoms with E-state index in [1.54, 1.807) is 6.07 Å². The van der Waals surface area contributed by atoms with Crippen LogP contribution in [0.5, 0.6) is 5.75 Å². The Kier molecular flexibility index (Phi) is 2.66. The van der Waals surface area contributed by atoms with Crippen molar-refractivity contribution < 1.29 is 14.2 Å². The molecule has 1 aliphatic carbocycles. The fraction of sp³-hybridized carbons (Fsp3) is 0.538. The van der Waals surface area contributed by atoms with E-state index in [1.807, 2.05) is 19.9 Å². The predicted molar refractivity (Wildman–Crippen MR) is 60.1 cm³/mol. The van der Waals surface area contributed by atoms with E-state index in [4.69, 9.17) is 4.74 Å². The highest BCUT2D eigenvalue weighted by atomic mass is 19.1. The molecule has 1 aromatic rings. The van der Waals surface area contributed by atoms with E-state index in [9.17, 15) is 9.50 Å². The zero-order chi connectivity index (χ0) is 11.9. The lowest BCUT2D eigenvalue weighted by Gasteiger charge is -2.49. The van der Waals surface area contributed by atoms with Gasteiger partial charge in [0.15, 0.2) is 11.6 Å². The highest BCUT2D eigenvalue weighted by molar-refractivity contribution is 5.34. The molecule has 16 heavy (non-hydrogen) atoms. The summed E-state index contributed by atoms with van der Waals surface area (Å²) in [5.41, 5.74) is 0.773. The van der Waals surface area contributed by atoms with Crippen LogP contribution in [0, 0.1) is 11.2 Å². The van der Waals surface area contributed by atoms with E-state index in [0.29, 0.717) is 6.42 Å². The quantitative estimate of drug-likeness (QED) is 0.837. The van der Waals surface area contributed by atoms with Gasteiger partial charge in [0, 0.05) is 0 Å². The van der Waals surface area contributed by atoms with Crippen LogP contribution in [0.2, 0.25) is 0 Å². The van der Waals surface area contributed by atoms with Crippen LogP contribution in [0.25, 0.3) is 0 Å². The number of hydrogen-bond acceptors (Lipinski definition) is 2. The zero-order valence-electron chi connectivity index (χ0n) is 9.83. The van der Waals surface area contributed by atoms with Gasteiger partial charge in [-0.1, -0.05) is 19.9 Å². The molecule has 2 unspecified atom stereocenters. The molecule has 0 amide bonds. The Bertz CT molecular complexity index is 401. The van der Waals surface area contributed by atoms with Crippen LogP contribution >= 0.6 is 0 Å². The van der Waals surface area contributed by atoms with Crippen molar-refractivity contribution in [1.29, 1.82) is 0 Å². The standard InChI is InChI=1S/C13H17FO2/c1-13(2)9(7-12(13)15)8-4-5-11(16-3)10(14)6-8/h4-6,9,12,15H,7H2,1-3H3. The molecule has 0 spiro atoms. The summed E-state index contributed by atoms with van der Waals surface area (Å²) >= 11 is 0. The number of rotatable bonds is 2. The summed E-state index contributed by atoms with van der Waals surface area (Å²) in [6.45, 7) is 4.02. The Balaban J connectivity index is 2.27. The SMILES string of the molecule is COc1ccc(C2CC(O)C2(C)C)cc1F. The first-order valence-electron chi connectivity index (χ1n) is 5.48. The monoisotopic (exact) mass is 224 g/mol. The molecule has 0 heterocycles. The normalized spacial score (nSPS) is 27.3. The van der Waals surface area contributed by atoms with Crippen molar-refractivity contribution in [2.24, 2.45) is 5.41 Å². The Labute approximate surface area is 95.1 Å². The molecule has 1 N–H and O–H groups in total. The Morgan fingerprint density at radius 3 is 2.56 bits per heavy atom. The Morgan fingerprint density at radius 1 is 1.44 bits per heavy atom. The molecule has 0 radical (unpaired) electrons. The number of halogens is 1. The van der Waals surface area contributed by atoms with Crippen LogP contribution in [0.4, 0.5) is 4.39 Å². The van der Waals surface area contributed by atoms with Gasteiger partial charge in [0.2, 0.25) is 0 Å². The number of methoxy groups -OCH3 is 1. The number of aliphatic hydroxyl groups excluding tert-OH is 1. The van der Waals surface area contributed by atoms with Crippen LogP contribution in [0.15, 0.2) is 18.2 Å². The third kappa shape index (κ3) is 1.59. The summed E-state index contributed by atoms with van der Waals surface area (Å²) in [7, 11) is 1.45. The van der Waals surface area contributed by atoms with Crippen LogP contribution in [0.1, 0.15) is 31.7 Å². The van der Waals surface area contributed by atoms with Gasteiger partial charge in [-0.15, -0.1) is 0 Å². The molecule has 1 fully saturated rings. The minimum Gasteiger partial charge on any atom is -0.494 e. The molecule has 0 bridgehead atoms. The summed E-state index contributed by atoms with van der Waals surface area (Å²) in [4.78, 5) is 0. The molecule has 3 heteroatoms. The molecular weight excluding hydrogens is 207 g/mol. The van der Waals surface area contributed by atoms with Gasteiger partial charge >= 0.3 is 0 Å². The zero-order valence-corrected chi connectivity index (χ0v) is 9.83. The topological polar surface area (TPSA) is 29.5 Å². The molecule has 0 saturated heterocycles. The number of benzene rings is 1. The van der Waals surface area contributed by atoms with E-state index >= 15 is 0 Å². The second-order valence-corrected chi connectivity index (χ2v) is 5.02. The maximum atomic E-state index is 13.5. The average molecular weight is 224 g/mol. The number of ether oxygens (including phenoxy) is 1. The van der Waals surface area contributed by atoms with E-state index in [2.05, 4.69) is 0 Å². The van der Waals surface area contributed by atoms with Crippen molar-refractivity contribution in [3.8, 4) is 5.75 Å². The van der Waals surface area contributed by atoms with Crippen molar-refractivity contribution in [1.82, 2.24) is 0 Å². The van der Waals surface area contributed by atoms with Crippen molar-refractivity contribution in [3.05, 3.63) is 29.6 Å². The van der Waals surface area contributed by atoms with Gasteiger partial charge in [-0.25, -0.2) is 4.39 Å². The molecule has 2 rings (SSSR count). The maximum absolute atomic E-state index is 13.5. The Morgan fingerprint density at radius 2 is 2.12 bits per heavy atom. The summed E-state index contributed by atoms with van der Waals surface area (Å²) in [5, 5.41) is 9.66. The molecule has 1 aliphatic rings. The van der Waals surface area contributed by atoms with Crippen molar-refractivity contribution >= 4 is 0 Å². The van der Waals surface area contributed by atoms with Gasteiger partial charge < -0.3 is 9.84 Å². The molecule has 1 aromatic carbocycles. The van der Waals surface area contributed by atoms with Crippen molar-refractivity contribution in [2.75, 3.05) is 7.11 Å². The van der Waals surface area contributed by atoms with Gasteiger partial charge in [0.25, 0.3) is 0 Å². The summed E-state index contributed by atoms with van der Waals surface area (Å²) in [6.07, 6.45) is 0.418. The minimum absolute atomic E-state index is 0.166. The lowest BCUT2D eigenvalue weighted by atomic mass is 9.58. The van der Waals surface area contributed by atoms with E-state index in [1.165, 1.54) is 13.2 Å². The highest BCUT2D eigenvalue weighted by Crippen LogP contribution is 2.52. The molecule has 0 aliphatic heterocycles. The average Bonchev–Trinajstić information content (AvgIpc) is 2.25. The first-order valence-corrected chi connectivity index (χ1v) is 5.48. The first-order chi connectivity index (χ1) is 7.46. The predicted octanol–water partition coefficient (Wildman–Crippen LogP) is 2.71. The van der Waals surface area contributed by atoms with Crippen LogP contribution in [-0.2, 0) is 0 Å². The van der Waals surface area contributed by atoms with Gasteiger partial charge in [0.05, 0.1) is 13.2 Å². The minimum atomic E-state index is -0.336. The molecule has 0 aromatic heterocycles. The fourth-order valence-corrected chi connectivity index (χ4v) is 2.37. The van der Waals surface area contributed by atoms with E-state index < -0.39 is 0 Å². The number of hydrogen-bond donors (Lipinski definition) is 1. The van der Waals surface area contributed by atoms with Crippen LogP contribution in [0.3, 0.4) is 0 Å². The van der Waals surface area contributed by atoms with Crippen molar-refractivity contribution in [3.63, 3.8) is 0 Å². The smallest absolute Gasteiger partial charge is 0.165 e. The molecule has 2 atom stereocenters. The lowest BCUT2D eigenvalue weighted by molar-refractivity contribution is -0.0626. The van der Waals surface area contributed by atoms with Crippen molar-refractivity contribution in [2.45, 2.75) is 32.3 Å². The van der Waals surface area contributed by atoms with Gasteiger partial charge in [-0.05, 0) is 35.4 Å². The third-order valence-corrected chi connectivity index (χ3v) is 3.79. The Hall–Kier alpha value is -1.09. The fourth-order valence-electron chi connectivity index (χ4n) is 2.37. The summed E-state index contributed by atoms with van der Waals surface area (Å²) < 4.78 is 18.4. The molecule has 1 saturated carbocycles. The molecule has 2 nitrogen and oxygen atoms in total. The second kappa shape index (κ2) is 3.74. The largest absolute Gasteiger partial charge is 0.494 e. The van der Waals surface area contributed by atoms with Gasteiger partial charge in [-0.2, -0.15) is 0 Å². The third-order valence-electron chi connectivity index (χ3n) is 3.79. The second-order valence-electron chi connectivity index (χ2n) is 5.02. The van der Waals surface area contributed by atoms with E-state index in [0.717, 1.165) is 5.56 Å². The van der Waals surface area contributed by atoms with Crippen LogP contribution in [-0.4, -0.2) is 18.3 Å². The molecular formula is C13H17FO2. The lowest BCUT2D eigenvalue weighted by Crippen LogP contribution is -2.47. The van der Waals surface area contributed by atoms with Gasteiger partial charge in [-0.3, -0.25) is 0 Å². The van der Waals surface area contributed by atoms with E-state index in [-0.39, 0.29) is 29.0 Å². The van der Waals surface area contributed by atoms with Crippen LogP contribution < -0.4 is 4.74 Å². The number of aliphatic hydroxyl groups is 1. The molecule has 88 valence electrons. The summed E-state index contributed by atoms with van der Waals surface area (Å²) in [5.74, 6) is 0.154. The van der Waals surface area contributed by atoms with Gasteiger partial charge in [0.1, 0.15) is 0 Å². The first kappa shape index (κ1) is 11.4.